The van der Waals surface area contributed by atoms with E-state index in [1.165, 1.54) is 0 Å². The van der Waals surface area contributed by atoms with E-state index in [1.54, 1.807) is 7.11 Å². The Kier molecular flexibility index (Phi) is 5.84. The zero-order chi connectivity index (χ0) is 12.7. The van der Waals surface area contributed by atoms with Crippen LogP contribution < -0.4 is 0 Å². The van der Waals surface area contributed by atoms with Gasteiger partial charge in [0.05, 0.1) is 13.2 Å². The topological polar surface area (TPSA) is 32.7 Å². The molecule has 96 valence electrons. The van der Waals surface area contributed by atoms with E-state index in [1.807, 2.05) is 32.1 Å². The van der Waals surface area contributed by atoms with E-state index < -0.39 is 0 Å². The average molecular weight is 237 g/mol. The monoisotopic (exact) mass is 237 g/mol. The quantitative estimate of drug-likeness (QED) is 0.602. The number of likely N-dealkylation sites (tertiary alicyclic amines) is 1. The van der Waals surface area contributed by atoms with Gasteiger partial charge in [-0.2, -0.15) is 0 Å². The summed E-state index contributed by atoms with van der Waals surface area (Å²) in [6.07, 6.45) is 9.64. The number of aliphatic hydroxyl groups is 1. The van der Waals surface area contributed by atoms with Crippen molar-refractivity contribution in [2.75, 3.05) is 20.2 Å². The Morgan fingerprint density at radius 1 is 1.29 bits per heavy atom. The molecule has 3 nitrogen and oxygen atoms in total. The molecule has 0 bridgehead atoms. The van der Waals surface area contributed by atoms with Gasteiger partial charge in [-0.25, -0.2) is 0 Å². The standard InChI is InChI=1S/C14H23NO2/c1-4-6-12(11-14(5-2)17-3)15-9-7-13(16)8-10-15/h4-6,11,13,16H,7-10H2,1-3H3/b6-4-,12-11+,14-5-. The first-order valence-electron chi connectivity index (χ1n) is 6.19. The van der Waals surface area contributed by atoms with Crippen LogP contribution in [0.2, 0.25) is 0 Å². The third-order valence-electron chi connectivity index (χ3n) is 2.98. The maximum atomic E-state index is 9.51. The first-order valence-corrected chi connectivity index (χ1v) is 6.19. The summed E-state index contributed by atoms with van der Waals surface area (Å²) in [7, 11) is 1.68. The van der Waals surface area contributed by atoms with Crippen LogP contribution in [-0.4, -0.2) is 36.3 Å². The summed E-state index contributed by atoms with van der Waals surface area (Å²) in [5.41, 5.74) is 1.15. The molecule has 0 atom stereocenters. The molecule has 1 aliphatic rings. The predicted molar refractivity (Wildman–Crippen MR) is 70.5 cm³/mol. The lowest BCUT2D eigenvalue weighted by molar-refractivity contribution is 0.0984. The highest BCUT2D eigenvalue weighted by Crippen LogP contribution is 2.18. The van der Waals surface area contributed by atoms with Gasteiger partial charge >= 0.3 is 0 Å². The van der Waals surface area contributed by atoms with Crippen LogP contribution in [0.5, 0.6) is 0 Å². The fraction of sp³-hybridized carbons (Fsp3) is 0.571. The molecule has 1 heterocycles. The van der Waals surface area contributed by atoms with Gasteiger partial charge in [0.25, 0.3) is 0 Å². The number of piperidine rings is 1. The highest BCUT2D eigenvalue weighted by Gasteiger charge is 2.17. The smallest absolute Gasteiger partial charge is 0.116 e. The third kappa shape index (κ3) is 4.27. The fourth-order valence-electron chi connectivity index (χ4n) is 1.95. The third-order valence-corrected chi connectivity index (χ3v) is 2.98. The van der Waals surface area contributed by atoms with Crippen molar-refractivity contribution in [3.63, 3.8) is 0 Å². The average Bonchev–Trinajstić information content (AvgIpc) is 2.35. The lowest BCUT2D eigenvalue weighted by Crippen LogP contribution is -2.34. The van der Waals surface area contributed by atoms with Crippen LogP contribution in [0.15, 0.2) is 35.8 Å². The summed E-state index contributed by atoms with van der Waals surface area (Å²) in [5.74, 6) is 0.865. The highest BCUT2D eigenvalue weighted by atomic mass is 16.5. The van der Waals surface area contributed by atoms with E-state index in [0.29, 0.717) is 0 Å². The van der Waals surface area contributed by atoms with Gasteiger partial charge in [-0.3, -0.25) is 0 Å². The summed E-state index contributed by atoms with van der Waals surface area (Å²) in [4.78, 5) is 2.29. The molecule has 0 unspecified atom stereocenters. The van der Waals surface area contributed by atoms with Crippen molar-refractivity contribution < 1.29 is 9.84 Å². The van der Waals surface area contributed by atoms with Crippen molar-refractivity contribution in [1.82, 2.24) is 4.90 Å². The molecule has 0 saturated carbocycles. The molecular formula is C14H23NO2. The normalized spacial score (nSPS) is 20.1. The Morgan fingerprint density at radius 2 is 1.94 bits per heavy atom. The number of ether oxygens (including phenoxy) is 1. The minimum Gasteiger partial charge on any atom is -0.497 e. The second-order valence-corrected chi connectivity index (χ2v) is 4.18. The van der Waals surface area contributed by atoms with E-state index >= 15 is 0 Å². The molecule has 17 heavy (non-hydrogen) atoms. The van der Waals surface area contributed by atoms with E-state index in [2.05, 4.69) is 11.0 Å². The van der Waals surface area contributed by atoms with Gasteiger partial charge in [0.2, 0.25) is 0 Å². The Labute approximate surface area is 104 Å². The van der Waals surface area contributed by atoms with Crippen molar-refractivity contribution >= 4 is 0 Å². The number of nitrogens with zero attached hydrogens (tertiary/aromatic N) is 1. The van der Waals surface area contributed by atoms with E-state index in [-0.39, 0.29) is 6.10 Å². The molecule has 0 aromatic heterocycles. The largest absolute Gasteiger partial charge is 0.497 e. The molecule has 0 aromatic carbocycles. The van der Waals surface area contributed by atoms with Gasteiger partial charge in [0.1, 0.15) is 5.76 Å². The summed E-state index contributed by atoms with van der Waals surface area (Å²) < 4.78 is 5.26. The van der Waals surface area contributed by atoms with E-state index in [0.717, 1.165) is 37.4 Å². The molecule has 1 saturated heterocycles. The van der Waals surface area contributed by atoms with Crippen LogP contribution in [-0.2, 0) is 4.74 Å². The van der Waals surface area contributed by atoms with Crippen molar-refractivity contribution in [3.05, 3.63) is 35.8 Å². The highest BCUT2D eigenvalue weighted by molar-refractivity contribution is 5.26. The van der Waals surface area contributed by atoms with Gasteiger partial charge in [-0.1, -0.05) is 6.08 Å². The maximum absolute atomic E-state index is 9.51. The number of hydrogen-bond donors (Lipinski definition) is 1. The molecule has 1 rings (SSSR count). The van der Waals surface area contributed by atoms with Crippen molar-refractivity contribution in [1.29, 1.82) is 0 Å². The van der Waals surface area contributed by atoms with Crippen molar-refractivity contribution in [3.8, 4) is 0 Å². The lowest BCUT2D eigenvalue weighted by Gasteiger charge is -2.32. The minimum absolute atomic E-state index is 0.137. The van der Waals surface area contributed by atoms with Crippen LogP contribution in [0.1, 0.15) is 26.7 Å². The van der Waals surface area contributed by atoms with Crippen molar-refractivity contribution in [2.45, 2.75) is 32.8 Å². The SMILES string of the molecule is C\C=C/C(=C\C(=C\C)OC)N1CCC(O)CC1. The zero-order valence-corrected chi connectivity index (χ0v) is 11.0. The van der Waals surface area contributed by atoms with Crippen LogP contribution in [0.25, 0.3) is 0 Å². The Hall–Kier alpha value is -1.22. The molecule has 0 amide bonds. The van der Waals surface area contributed by atoms with Crippen molar-refractivity contribution in [2.24, 2.45) is 0 Å². The molecule has 0 aliphatic carbocycles. The van der Waals surface area contributed by atoms with Crippen LogP contribution in [0, 0.1) is 0 Å². The molecule has 0 spiro atoms. The second kappa shape index (κ2) is 7.17. The van der Waals surface area contributed by atoms with Crippen LogP contribution in [0.3, 0.4) is 0 Å². The molecule has 1 aliphatic heterocycles. The lowest BCUT2D eigenvalue weighted by atomic mass is 10.1. The molecular weight excluding hydrogens is 214 g/mol. The summed E-state index contributed by atoms with van der Waals surface area (Å²) in [6.45, 7) is 5.77. The van der Waals surface area contributed by atoms with Crippen LogP contribution in [0.4, 0.5) is 0 Å². The van der Waals surface area contributed by atoms with Crippen LogP contribution >= 0.6 is 0 Å². The van der Waals surface area contributed by atoms with Gasteiger partial charge in [0.15, 0.2) is 0 Å². The first-order chi connectivity index (χ1) is 8.21. The number of aliphatic hydroxyl groups excluding tert-OH is 1. The molecule has 1 fully saturated rings. The van der Waals surface area contributed by atoms with E-state index in [9.17, 15) is 5.11 Å². The Morgan fingerprint density at radius 3 is 2.41 bits per heavy atom. The van der Waals surface area contributed by atoms with E-state index in [4.69, 9.17) is 4.74 Å². The molecule has 0 radical (unpaired) electrons. The zero-order valence-electron chi connectivity index (χ0n) is 11.0. The summed E-state index contributed by atoms with van der Waals surface area (Å²) in [5, 5.41) is 9.51. The maximum Gasteiger partial charge on any atom is 0.116 e. The number of allylic oxidation sites excluding steroid dienone is 4. The van der Waals surface area contributed by atoms with Gasteiger partial charge < -0.3 is 14.7 Å². The predicted octanol–water partition coefficient (Wildman–Crippen LogP) is 2.45. The van der Waals surface area contributed by atoms with Gasteiger partial charge in [0, 0.05) is 24.9 Å². The molecule has 1 N–H and O–H groups in total. The fourth-order valence-corrected chi connectivity index (χ4v) is 1.95. The molecule has 0 aromatic rings. The summed E-state index contributed by atoms with van der Waals surface area (Å²) >= 11 is 0. The Balaban J connectivity index is 2.78. The first kappa shape index (κ1) is 13.8. The minimum atomic E-state index is -0.137. The van der Waals surface area contributed by atoms with Gasteiger partial charge in [-0.15, -0.1) is 0 Å². The second-order valence-electron chi connectivity index (χ2n) is 4.18. The van der Waals surface area contributed by atoms with Gasteiger partial charge in [-0.05, 0) is 38.8 Å². The Bertz CT molecular complexity index is 310. The number of rotatable bonds is 4. The summed E-state index contributed by atoms with van der Waals surface area (Å²) in [6, 6.07) is 0. The number of hydrogen-bond acceptors (Lipinski definition) is 3. The number of methoxy groups -OCH3 is 1. The molecule has 3 heteroatoms.